The minimum Gasteiger partial charge on any atom is -0.497 e. The predicted octanol–water partition coefficient (Wildman–Crippen LogP) is 3.83. The Morgan fingerprint density at radius 1 is 1.09 bits per heavy atom. The van der Waals surface area contributed by atoms with Crippen LogP contribution < -0.4 is 4.74 Å². The molecule has 2 aromatic rings. The van der Waals surface area contributed by atoms with Crippen molar-refractivity contribution < 1.29 is 14.6 Å². The lowest BCUT2D eigenvalue weighted by molar-refractivity contribution is -0.393. The molecule has 0 saturated heterocycles. The van der Waals surface area contributed by atoms with Crippen LogP contribution in [0.25, 0.3) is 0 Å². The van der Waals surface area contributed by atoms with E-state index >= 15 is 0 Å². The second kappa shape index (κ2) is 6.84. The van der Waals surface area contributed by atoms with Gasteiger partial charge in [0.2, 0.25) is 0 Å². The van der Waals surface area contributed by atoms with Crippen molar-refractivity contribution in [3.63, 3.8) is 0 Å². The molecule has 9 heteroatoms. The summed E-state index contributed by atoms with van der Waals surface area (Å²) >= 11 is 6.07. The van der Waals surface area contributed by atoms with E-state index in [1.165, 1.54) is 13.2 Å². The Hall–Kier alpha value is -3.00. The molecule has 0 bridgehead atoms. The van der Waals surface area contributed by atoms with Gasteiger partial charge in [0.25, 0.3) is 5.69 Å². The number of rotatable bonds is 5. The fourth-order valence-electron chi connectivity index (χ4n) is 1.77. The van der Waals surface area contributed by atoms with Crippen LogP contribution in [0.5, 0.6) is 5.75 Å². The second-order valence-electron chi connectivity index (χ2n) is 4.32. The van der Waals surface area contributed by atoms with E-state index in [1.807, 2.05) is 0 Å². The van der Waals surface area contributed by atoms with E-state index in [2.05, 4.69) is 4.99 Å². The molecule has 0 unspecified atom stereocenters. The largest absolute Gasteiger partial charge is 0.497 e. The van der Waals surface area contributed by atoms with E-state index in [0.717, 1.165) is 12.1 Å². The Bertz CT molecular complexity index is 789. The van der Waals surface area contributed by atoms with Crippen LogP contribution in [0.15, 0.2) is 47.5 Å². The first kappa shape index (κ1) is 16.4. The van der Waals surface area contributed by atoms with Gasteiger partial charge >= 0.3 is 5.69 Å². The lowest BCUT2D eigenvalue weighted by Gasteiger charge is -2.02. The smallest absolute Gasteiger partial charge is 0.301 e. The van der Waals surface area contributed by atoms with Crippen molar-refractivity contribution in [1.29, 1.82) is 0 Å². The van der Waals surface area contributed by atoms with Gasteiger partial charge in [0.05, 0.1) is 23.0 Å². The van der Waals surface area contributed by atoms with Crippen molar-refractivity contribution in [2.45, 2.75) is 0 Å². The zero-order valence-corrected chi connectivity index (χ0v) is 12.6. The average molecular weight is 336 g/mol. The normalized spacial score (nSPS) is 11.1. The Kier molecular flexibility index (Phi) is 4.87. The number of ether oxygens (including phenoxy) is 1. The molecule has 0 amide bonds. The molecule has 0 atom stereocenters. The van der Waals surface area contributed by atoms with Gasteiger partial charge in [-0.2, -0.15) is 0 Å². The van der Waals surface area contributed by atoms with Crippen LogP contribution in [0.4, 0.5) is 17.1 Å². The van der Waals surface area contributed by atoms with Crippen LogP contribution in [0, 0.1) is 20.2 Å². The first-order valence-corrected chi connectivity index (χ1v) is 6.61. The van der Waals surface area contributed by atoms with Gasteiger partial charge in [-0.1, -0.05) is 11.6 Å². The van der Waals surface area contributed by atoms with Gasteiger partial charge in [-0.05, 0) is 30.3 Å². The van der Waals surface area contributed by atoms with Crippen LogP contribution in [-0.4, -0.2) is 22.1 Å². The molecule has 0 aliphatic rings. The molecule has 0 aliphatic heterocycles. The monoisotopic (exact) mass is 335 g/mol. The van der Waals surface area contributed by atoms with Crippen molar-refractivity contribution in [2.75, 3.05) is 7.11 Å². The van der Waals surface area contributed by atoms with Crippen LogP contribution in [0.2, 0.25) is 0 Å². The minimum absolute atomic E-state index is 0.0182. The van der Waals surface area contributed by atoms with Crippen LogP contribution in [0.1, 0.15) is 5.56 Å². The Labute approximate surface area is 135 Å². The number of nitro benzene ring substituents is 2. The van der Waals surface area contributed by atoms with E-state index in [9.17, 15) is 20.2 Å². The van der Waals surface area contributed by atoms with Crippen molar-refractivity contribution in [3.8, 4) is 5.75 Å². The maximum Gasteiger partial charge on any atom is 0.301 e. The number of benzene rings is 2. The van der Waals surface area contributed by atoms with Gasteiger partial charge in [-0.3, -0.25) is 20.2 Å². The summed E-state index contributed by atoms with van der Waals surface area (Å²) in [6.45, 7) is 0. The van der Waals surface area contributed by atoms with Crippen molar-refractivity contribution in [2.24, 2.45) is 4.99 Å². The lowest BCUT2D eigenvalue weighted by atomic mass is 10.2. The highest BCUT2D eigenvalue weighted by atomic mass is 35.5. The summed E-state index contributed by atoms with van der Waals surface area (Å²) in [4.78, 5) is 24.3. The molecule has 23 heavy (non-hydrogen) atoms. The summed E-state index contributed by atoms with van der Waals surface area (Å²) in [5.74, 6) is 0.625. The molecule has 0 aliphatic carbocycles. The van der Waals surface area contributed by atoms with Crippen LogP contribution in [0.3, 0.4) is 0 Å². The highest BCUT2D eigenvalue weighted by molar-refractivity contribution is 6.69. The van der Waals surface area contributed by atoms with Gasteiger partial charge in [0.15, 0.2) is 0 Å². The third-order valence-corrected chi connectivity index (χ3v) is 3.22. The van der Waals surface area contributed by atoms with Crippen molar-refractivity contribution >= 4 is 33.8 Å². The van der Waals surface area contributed by atoms with Gasteiger partial charge in [-0.25, -0.2) is 4.99 Å². The molecule has 2 aromatic carbocycles. The fourth-order valence-corrected chi connectivity index (χ4v) is 1.98. The van der Waals surface area contributed by atoms with Gasteiger partial charge in [0, 0.05) is 11.6 Å². The standard InChI is InChI=1S/C14H10ClN3O5/c1-23-11-5-2-9(3-6-11)14(15)16-12-7-4-10(17(19)20)8-13(12)18(21)22/h2-8H,1H3. The number of aliphatic imine (C=N–C) groups is 1. The molecule has 8 nitrogen and oxygen atoms in total. The van der Waals surface area contributed by atoms with E-state index < -0.39 is 21.2 Å². The quantitative estimate of drug-likeness (QED) is 0.468. The highest BCUT2D eigenvalue weighted by Crippen LogP contribution is 2.32. The number of methoxy groups -OCH3 is 1. The van der Waals surface area contributed by atoms with Crippen LogP contribution >= 0.6 is 11.6 Å². The minimum atomic E-state index is -0.746. The molecule has 0 heterocycles. The maximum absolute atomic E-state index is 11.1. The molecule has 2 rings (SSSR count). The molecule has 0 spiro atoms. The first-order chi connectivity index (χ1) is 10.9. The summed E-state index contributed by atoms with van der Waals surface area (Å²) in [7, 11) is 1.52. The average Bonchev–Trinajstić information content (AvgIpc) is 2.54. The summed E-state index contributed by atoms with van der Waals surface area (Å²) in [5, 5.41) is 21.8. The highest BCUT2D eigenvalue weighted by Gasteiger charge is 2.19. The Balaban J connectivity index is 2.43. The fraction of sp³-hybridized carbons (Fsp3) is 0.0714. The number of halogens is 1. The summed E-state index contributed by atoms with van der Waals surface area (Å²) in [5.41, 5.74) is -0.427. The number of non-ortho nitro benzene ring substituents is 1. The van der Waals surface area contributed by atoms with Gasteiger partial charge in [0.1, 0.15) is 16.6 Å². The van der Waals surface area contributed by atoms with Gasteiger partial charge < -0.3 is 4.74 Å². The number of hydrogen-bond donors (Lipinski definition) is 0. The molecule has 0 radical (unpaired) electrons. The number of nitrogens with zero attached hydrogens (tertiary/aromatic N) is 3. The summed E-state index contributed by atoms with van der Waals surface area (Å²) in [6, 6.07) is 9.77. The molecule has 0 fully saturated rings. The number of nitro groups is 2. The van der Waals surface area contributed by atoms with E-state index in [0.29, 0.717) is 11.3 Å². The van der Waals surface area contributed by atoms with Crippen molar-refractivity contribution in [1.82, 2.24) is 0 Å². The van der Waals surface area contributed by atoms with Crippen molar-refractivity contribution in [3.05, 3.63) is 68.3 Å². The predicted molar refractivity (Wildman–Crippen MR) is 84.8 cm³/mol. The SMILES string of the molecule is COc1ccc(C(Cl)=Nc2ccc([N+](=O)[O-])cc2[N+](=O)[O-])cc1. The van der Waals surface area contributed by atoms with E-state index in [-0.39, 0.29) is 10.9 Å². The van der Waals surface area contributed by atoms with Crippen LogP contribution in [-0.2, 0) is 0 Å². The number of hydrogen-bond acceptors (Lipinski definition) is 6. The zero-order chi connectivity index (χ0) is 17.0. The second-order valence-corrected chi connectivity index (χ2v) is 4.68. The third kappa shape index (κ3) is 3.80. The summed E-state index contributed by atoms with van der Waals surface area (Å²) < 4.78 is 5.02. The summed E-state index contributed by atoms with van der Waals surface area (Å²) in [6.07, 6.45) is 0. The molecule has 118 valence electrons. The lowest BCUT2D eigenvalue weighted by Crippen LogP contribution is -1.95. The molecular formula is C14H10ClN3O5. The van der Waals surface area contributed by atoms with Gasteiger partial charge in [-0.15, -0.1) is 0 Å². The van der Waals surface area contributed by atoms with E-state index in [4.69, 9.17) is 16.3 Å². The molecule has 0 N–H and O–H groups in total. The molecule has 0 aromatic heterocycles. The first-order valence-electron chi connectivity index (χ1n) is 6.24. The Morgan fingerprint density at radius 2 is 1.74 bits per heavy atom. The Morgan fingerprint density at radius 3 is 2.26 bits per heavy atom. The zero-order valence-electron chi connectivity index (χ0n) is 11.8. The molecular weight excluding hydrogens is 326 g/mol. The maximum atomic E-state index is 11.1. The van der Waals surface area contributed by atoms with E-state index in [1.54, 1.807) is 24.3 Å². The molecule has 0 saturated carbocycles. The third-order valence-electron chi connectivity index (χ3n) is 2.91. The topological polar surface area (TPSA) is 108 Å².